The van der Waals surface area contributed by atoms with Gasteiger partial charge in [0.1, 0.15) is 5.82 Å². The van der Waals surface area contributed by atoms with Gasteiger partial charge in [-0.1, -0.05) is 12.1 Å². The number of nitrogens with zero attached hydrogens (tertiary/aromatic N) is 1. The van der Waals surface area contributed by atoms with Crippen molar-refractivity contribution in [3.63, 3.8) is 0 Å². The minimum atomic E-state index is -0.531. The third-order valence-corrected chi connectivity index (χ3v) is 3.09. The molecule has 1 aliphatic heterocycles. The molecule has 1 atom stereocenters. The Bertz CT molecular complexity index is 476. The zero-order valence-electron chi connectivity index (χ0n) is 10.1. The fraction of sp³-hybridized carbons (Fsp3) is 0.385. The molecule has 1 fully saturated rings. The fourth-order valence-electron chi connectivity index (χ4n) is 2.07. The number of hydrogen-bond acceptors (Lipinski definition) is 2. The highest BCUT2D eigenvalue weighted by Gasteiger charge is 2.26. The largest absolute Gasteiger partial charge is 0.347 e. The van der Waals surface area contributed by atoms with Crippen LogP contribution in [-0.2, 0) is 4.79 Å². The Hall–Kier alpha value is -1.91. The quantitative estimate of drug-likeness (QED) is 0.856. The van der Waals surface area contributed by atoms with Gasteiger partial charge in [-0.3, -0.25) is 9.59 Å². The molecule has 18 heavy (non-hydrogen) atoms. The Balaban J connectivity index is 1.97. The van der Waals surface area contributed by atoms with Crippen LogP contribution in [0.4, 0.5) is 4.39 Å². The second kappa shape index (κ2) is 5.16. The highest BCUT2D eigenvalue weighted by molar-refractivity contribution is 5.94. The molecular formula is C13H15FN2O2. The van der Waals surface area contributed by atoms with E-state index in [4.69, 9.17) is 0 Å². The van der Waals surface area contributed by atoms with Crippen LogP contribution in [0.5, 0.6) is 0 Å². The molecule has 1 aliphatic rings. The Morgan fingerprint density at radius 3 is 2.72 bits per heavy atom. The first-order valence-corrected chi connectivity index (χ1v) is 5.89. The highest BCUT2D eigenvalue weighted by Crippen LogP contribution is 2.11. The van der Waals surface area contributed by atoms with Crippen LogP contribution < -0.4 is 5.32 Å². The number of likely N-dealkylation sites (tertiary alicyclic amines) is 1. The van der Waals surface area contributed by atoms with Crippen molar-refractivity contribution < 1.29 is 14.0 Å². The average molecular weight is 250 g/mol. The number of nitrogens with one attached hydrogen (secondary N) is 1. The van der Waals surface area contributed by atoms with Crippen LogP contribution in [0.25, 0.3) is 0 Å². The lowest BCUT2D eigenvalue weighted by Crippen LogP contribution is -2.38. The summed E-state index contributed by atoms with van der Waals surface area (Å²) in [5, 5.41) is 2.75. The fourth-order valence-corrected chi connectivity index (χ4v) is 2.07. The number of rotatable bonds is 2. The van der Waals surface area contributed by atoms with Crippen LogP contribution in [0.15, 0.2) is 24.3 Å². The maximum atomic E-state index is 13.4. The second-order valence-corrected chi connectivity index (χ2v) is 4.40. The summed E-state index contributed by atoms with van der Waals surface area (Å²) in [6, 6.07) is 5.77. The molecule has 0 radical (unpaired) electrons. The molecular weight excluding hydrogens is 235 g/mol. The molecule has 5 heteroatoms. The Morgan fingerprint density at radius 2 is 2.11 bits per heavy atom. The Kier molecular flexibility index (Phi) is 3.60. The molecule has 0 bridgehead atoms. The molecule has 1 N–H and O–H groups in total. The van der Waals surface area contributed by atoms with E-state index in [1.54, 1.807) is 17.0 Å². The van der Waals surface area contributed by atoms with Crippen molar-refractivity contribution in [2.75, 3.05) is 13.1 Å². The van der Waals surface area contributed by atoms with Crippen LogP contribution in [0.2, 0.25) is 0 Å². The van der Waals surface area contributed by atoms with Crippen LogP contribution >= 0.6 is 0 Å². The maximum Gasteiger partial charge on any atom is 0.254 e. The molecule has 0 saturated carbocycles. The number of amides is 2. The summed E-state index contributed by atoms with van der Waals surface area (Å²) in [5.74, 6) is -0.961. The molecule has 1 heterocycles. The topological polar surface area (TPSA) is 49.4 Å². The maximum absolute atomic E-state index is 13.4. The molecule has 96 valence electrons. The average Bonchev–Trinajstić information content (AvgIpc) is 2.78. The first kappa shape index (κ1) is 12.5. The smallest absolute Gasteiger partial charge is 0.254 e. The van der Waals surface area contributed by atoms with E-state index in [-0.39, 0.29) is 17.5 Å². The third kappa shape index (κ3) is 2.67. The lowest BCUT2D eigenvalue weighted by atomic mass is 10.1. The number of carbonyl (C=O) groups excluding carboxylic acids is 2. The summed E-state index contributed by atoms with van der Waals surface area (Å²) in [6.07, 6.45) is 0.708. The standard InChI is InChI=1S/C13H15FN2O2/c1-9(17)16-7-6-10(8-16)15-13(18)11-4-2-3-5-12(11)14/h2-5,10H,6-8H2,1H3,(H,15,18). The normalized spacial score (nSPS) is 18.8. The number of benzene rings is 1. The van der Waals surface area contributed by atoms with Gasteiger partial charge in [-0.25, -0.2) is 4.39 Å². The molecule has 4 nitrogen and oxygen atoms in total. The van der Waals surface area contributed by atoms with Gasteiger partial charge >= 0.3 is 0 Å². The summed E-state index contributed by atoms with van der Waals surface area (Å²) < 4.78 is 13.4. The summed E-state index contributed by atoms with van der Waals surface area (Å²) in [7, 11) is 0. The van der Waals surface area contributed by atoms with E-state index in [0.29, 0.717) is 19.5 Å². The molecule has 1 unspecified atom stereocenters. The number of halogens is 1. The lowest BCUT2D eigenvalue weighted by Gasteiger charge is -2.15. The van der Waals surface area contributed by atoms with E-state index < -0.39 is 11.7 Å². The molecule has 0 aliphatic carbocycles. The van der Waals surface area contributed by atoms with Crippen molar-refractivity contribution in [1.29, 1.82) is 0 Å². The van der Waals surface area contributed by atoms with Gasteiger partial charge in [0.25, 0.3) is 5.91 Å². The van der Waals surface area contributed by atoms with Crippen molar-refractivity contribution in [2.24, 2.45) is 0 Å². The van der Waals surface area contributed by atoms with Crippen molar-refractivity contribution >= 4 is 11.8 Å². The zero-order chi connectivity index (χ0) is 13.1. The van der Waals surface area contributed by atoms with Crippen LogP contribution in [-0.4, -0.2) is 35.8 Å². The lowest BCUT2D eigenvalue weighted by molar-refractivity contribution is -0.127. The molecule has 1 aromatic carbocycles. The predicted octanol–water partition coefficient (Wildman–Crippen LogP) is 1.18. The summed E-state index contributed by atoms with van der Waals surface area (Å²) in [5.41, 5.74) is 0.0405. The monoisotopic (exact) mass is 250 g/mol. The Morgan fingerprint density at radius 1 is 1.39 bits per heavy atom. The third-order valence-electron chi connectivity index (χ3n) is 3.09. The van der Waals surface area contributed by atoms with E-state index in [0.717, 1.165) is 0 Å². The molecule has 0 aromatic heterocycles. The van der Waals surface area contributed by atoms with Gasteiger partial charge in [0.05, 0.1) is 5.56 Å². The van der Waals surface area contributed by atoms with E-state index in [1.807, 2.05) is 0 Å². The summed E-state index contributed by atoms with van der Waals surface area (Å²) in [4.78, 5) is 24.7. The molecule has 1 aromatic rings. The Labute approximate surface area is 105 Å². The highest BCUT2D eigenvalue weighted by atomic mass is 19.1. The van der Waals surface area contributed by atoms with Gasteiger partial charge in [-0.2, -0.15) is 0 Å². The SMILES string of the molecule is CC(=O)N1CCC(NC(=O)c2ccccc2F)C1. The zero-order valence-corrected chi connectivity index (χ0v) is 10.1. The van der Waals surface area contributed by atoms with Gasteiger partial charge in [-0.15, -0.1) is 0 Å². The van der Waals surface area contributed by atoms with Crippen molar-refractivity contribution in [3.05, 3.63) is 35.6 Å². The molecule has 0 spiro atoms. The van der Waals surface area contributed by atoms with Crippen LogP contribution in [0.3, 0.4) is 0 Å². The van der Waals surface area contributed by atoms with Gasteiger partial charge in [0, 0.05) is 26.1 Å². The molecule has 1 saturated heterocycles. The number of hydrogen-bond donors (Lipinski definition) is 1. The van der Waals surface area contributed by atoms with Crippen molar-refractivity contribution in [2.45, 2.75) is 19.4 Å². The van der Waals surface area contributed by atoms with E-state index in [2.05, 4.69) is 5.32 Å². The summed E-state index contributed by atoms with van der Waals surface area (Å²) >= 11 is 0. The van der Waals surface area contributed by atoms with E-state index in [1.165, 1.54) is 19.1 Å². The molecule has 2 amide bonds. The van der Waals surface area contributed by atoms with Crippen LogP contribution in [0.1, 0.15) is 23.7 Å². The van der Waals surface area contributed by atoms with Crippen molar-refractivity contribution in [3.8, 4) is 0 Å². The minimum absolute atomic E-state index is 0.00218. The van der Waals surface area contributed by atoms with E-state index in [9.17, 15) is 14.0 Å². The van der Waals surface area contributed by atoms with Gasteiger partial charge in [0.15, 0.2) is 0 Å². The van der Waals surface area contributed by atoms with Crippen molar-refractivity contribution in [1.82, 2.24) is 10.2 Å². The minimum Gasteiger partial charge on any atom is -0.347 e. The first-order valence-electron chi connectivity index (χ1n) is 5.89. The number of carbonyl (C=O) groups is 2. The predicted molar refractivity (Wildman–Crippen MR) is 64.5 cm³/mol. The van der Waals surface area contributed by atoms with Gasteiger partial charge in [-0.05, 0) is 18.6 Å². The van der Waals surface area contributed by atoms with Gasteiger partial charge < -0.3 is 10.2 Å². The first-order chi connectivity index (χ1) is 8.58. The van der Waals surface area contributed by atoms with Crippen LogP contribution in [0, 0.1) is 5.82 Å². The van der Waals surface area contributed by atoms with Gasteiger partial charge in [0.2, 0.25) is 5.91 Å². The van der Waals surface area contributed by atoms with E-state index >= 15 is 0 Å². The second-order valence-electron chi connectivity index (χ2n) is 4.40. The molecule has 2 rings (SSSR count). The summed E-state index contributed by atoms with van der Waals surface area (Å²) in [6.45, 7) is 2.63.